The Balaban J connectivity index is 1.74. The fraction of sp³-hybridized carbons (Fsp3) is 0.500. The summed E-state index contributed by atoms with van der Waals surface area (Å²) in [5.74, 6) is -0.153. The predicted molar refractivity (Wildman–Crippen MR) is 131 cm³/mol. The monoisotopic (exact) mass is 447 g/mol. The Labute approximate surface area is 197 Å². The van der Waals surface area contributed by atoms with Crippen LogP contribution in [-0.2, 0) is 22.6 Å². The van der Waals surface area contributed by atoms with Crippen LogP contribution in [0.25, 0.3) is 0 Å². The molecule has 1 aliphatic heterocycles. The van der Waals surface area contributed by atoms with Crippen LogP contribution in [0.1, 0.15) is 56.8 Å². The van der Waals surface area contributed by atoms with Gasteiger partial charge >= 0.3 is 0 Å². The minimum atomic E-state index is -0.341. The van der Waals surface area contributed by atoms with Crippen LogP contribution in [0.5, 0.6) is 0 Å². The zero-order chi connectivity index (χ0) is 23.6. The summed E-state index contributed by atoms with van der Waals surface area (Å²) in [6.45, 7) is 10.2. The predicted octanol–water partition coefficient (Wildman–Crippen LogP) is 4.09. The summed E-state index contributed by atoms with van der Waals surface area (Å²) >= 11 is 0. The maximum Gasteiger partial charge on any atom is 0.225 e. The average molecular weight is 448 g/mol. The summed E-state index contributed by atoms with van der Waals surface area (Å²) in [7, 11) is 0. The normalized spacial score (nSPS) is 24.8. The van der Waals surface area contributed by atoms with Crippen molar-refractivity contribution in [1.29, 1.82) is 0 Å². The molecular weight excluding hydrogens is 410 g/mol. The van der Waals surface area contributed by atoms with Gasteiger partial charge in [-0.15, -0.1) is 0 Å². The summed E-state index contributed by atoms with van der Waals surface area (Å²) in [5, 5.41) is 6.57. The van der Waals surface area contributed by atoms with Crippen LogP contribution in [-0.4, -0.2) is 35.8 Å². The van der Waals surface area contributed by atoms with E-state index in [4.69, 9.17) is 0 Å². The van der Waals surface area contributed by atoms with E-state index in [-0.39, 0.29) is 41.1 Å². The van der Waals surface area contributed by atoms with Crippen molar-refractivity contribution in [1.82, 2.24) is 15.5 Å². The topological polar surface area (TPSA) is 61.4 Å². The maximum atomic E-state index is 13.6. The van der Waals surface area contributed by atoms with E-state index in [2.05, 4.69) is 58.0 Å². The SMILES string of the molecule is CC(C)NC(=O)[C@H]1CN(Cc2ccccc2)C[C@]12CCc1ccccc1[C@H]2NC(=O)C(C)C. The van der Waals surface area contributed by atoms with E-state index < -0.39 is 0 Å². The number of hydrogen-bond donors (Lipinski definition) is 2. The zero-order valence-electron chi connectivity index (χ0n) is 20.3. The highest BCUT2D eigenvalue weighted by Crippen LogP contribution is 2.53. The lowest BCUT2D eigenvalue weighted by Gasteiger charge is -2.46. The molecule has 5 heteroatoms. The minimum absolute atomic E-state index is 0.0422. The number of amides is 2. The van der Waals surface area contributed by atoms with Gasteiger partial charge in [-0.3, -0.25) is 14.5 Å². The average Bonchev–Trinajstić information content (AvgIpc) is 3.14. The molecule has 2 aliphatic rings. The number of carbonyl (C=O) groups excluding carboxylic acids is 2. The molecule has 5 nitrogen and oxygen atoms in total. The van der Waals surface area contributed by atoms with Gasteiger partial charge in [0.1, 0.15) is 0 Å². The van der Waals surface area contributed by atoms with Crippen molar-refractivity contribution < 1.29 is 9.59 Å². The fourth-order valence-corrected chi connectivity index (χ4v) is 5.66. The molecule has 0 aromatic heterocycles. The summed E-state index contributed by atoms with van der Waals surface area (Å²) in [6, 6.07) is 18.8. The van der Waals surface area contributed by atoms with Gasteiger partial charge in [-0.1, -0.05) is 68.4 Å². The molecule has 2 amide bonds. The Morgan fingerprint density at radius 2 is 1.73 bits per heavy atom. The Hall–Kier alpha value is -2.66. The van der Waals surface area contributed by atoms with Crippen LogP contribution in [0.3, 0.4) is 0 Å². The quantitative estimate of drug-likeness (QED) is 0.701. The smallest absolute Gasteiger partial charge is 0.225 e. The number of fused-ring (bicyclic) bond motifs is 1. The van der Waals surface area contributed by atoms with Crippen LogP contribution in [0.15, 0.2) is 54.6 Å². The molecule has 1 aliphatic carbocycles. The second-order valence-electron chi connectivity index (χ2n) is 10.4. The fourth-order valence-electron chi connectivity index (χ4n) is 5.66. The molecule has 0 saturated carbocycles. The Morgan fingerprint density at radius 3 is 2.42 bits per heavy atom. The molecule has 1 heterocycles. The van der Waals surface area contributed by atoms with Gasteiger partial charge in [0.2, 0.25) is 11.8 Å². The number of carbonyl (C=O) groups is 2. The third-order valence-corrected chi connectivity index (χ3v) is 7.26. The molecule has 2 aromatic carbocycles. The Kier molecular flexibility index (Phi) is 6.89. The van der Waals surface area contributed by atoms with Crippen molar-refractivity contribution in [2.24, 2.45) is 17.3 Å². The lowest BCUT2D eigenvalue weighted by atomic mass is 9.62. The van der Waals surface area contributed by atoms with E-state index >= 15 is 0 Å². The van der Waals surface area contributed by atoms with E-state index in [0.717, 1.165) is 25.9 Å². The highest BCUT2D eigenvalue weighted by molar-refractivity contribution is 5.82. The van der Waals surface area contributed by atoms with Crippen molar-refractivity contribution in [2.75, 3.05) is 13.1 Å². The highest BCUT2D eigenvalue weighted by atomic mass is 16.2. The van der Waals surface area contributed by atoms with E-state index in [9.17, 15) is 9.59 Å². The first kappa shape index (κ1) is 23.5. The van der Waals surface area contributed by atoms with Gasteiger partial charge in [-0.05, 0) is 43.4 Å². The second kappa shape index (κ2) is 9.68. The first-order valence-electron chi connectivity index (χ1n) is 12.2. The van der Waals surface area contributed by atoms with Crippen LogP contribution in [0.4, 0.5) is 0 Å². The van der Waals surface area contributed by atoms with Gasteiger partial charge in [0.15, 0.2) is 0 Å². The lowest BCUT2D eigenvalue weighted by Crippen LogP contribution is -2.53. The first-order chi connectivity index (χ1) is 15.8. The molecule has 0 unspecified atom stereocenters. The molecule has 176 valence electrons. The van der Waals surface area contributed by atoms with Gasteiger partial charge in [0.25, 0.3) is 0 Å². The highest BCUT2D eigenvalue weighted by Gasteiger charge is 2.56. The molecule has 1 saturated heterocycles. The zero-order valence-corrected chi connectivity index (χ0v) is 20.3. The Bertz CT molecular complexity index is 988. The molecule has 2 aromatic rings. The van der Waals surface area contributed by atoms with Crippen molar-refractivity contribution in [3.05, 3.63) is 71.3 Å². The number of likely N-dealkylation sites (tertiary alicyclic amines) is 1. The Morgan fingerprint density at radius 1 is 1.03 bits per heavy atom. The van der Waals surface area contributed by atoms with Gasteiger partial charge in [0.05, 0.1) is 12.0 Å². The van der Waals surface area contributed by atoms with Crippen LogP contribution in [0, 0.1) is 17.3 Å². The van der Waals surface area contributed by atoms with Crippen LogP contribution in [0.2, 0.25) is 0 Å². The van der Waals surface area contributed by atoms with Gasteiger partial charge in [-0.25, -0.2) is 0 Å². The molecule has 0 radical (unpaired) electrons. The molecule has 2 N–H and O–H groups in total. The lowest BCUT2D eigenvalue weighted by molar-refractivity contribution is -0.132. The van der Waals surface area contributed by atoms with Crippen LogP contribution < -0.4 is 10.6 Å². The summed E-state index contributed by atoms with van der Waals surface area (Å²) < 4.78 is 0. The molecule has 0 bridgehead atoms. The third kappa shape index (κ3) is 4.84. The number of nitrogens with one attached hydrogen (secondary N) is 2. The van der Waals surface area contributed by atoms with Gasteiger partial charge in [0, 0.05) is 37.0 Å². The molecule has 4 rings (SSSR count). The van der Waals surface area contributed by atoms with Gasteiger partial charge in [-0.2, -0.15) is 0 Å². The minimum Gasteiger partial charge on any atom is -0.354 e. The van der Waals surface area contributed by atoms with Crippen molar-refractivity contribution in [3.8, 4) is 0 Å². The van der Waals surface area contributed by atoms with E-state index in [1.807, 2.05) is 39.8 Å². The number of nitrogens with zero attached hydrogens (tertiary/aromatic N) is 1. The summed E-state index contributed by atoms with van der Waals surface area (Å²) in [4.78, 5) is 28.9. The standard InChI is InChI=1S/C28H37N3O2/c1-19(2)26(32)30-25-23-13-9-8-12-22(23)14-15-28(25)18-31(16-21-10-6-5-7-11-21)17-24(28)27(33)29-20(3)4/h5-13,19-20,24-25H,14-18H2,1-4H3,(H,29,33)(H,30,32)/t24-,25-,28-/m1/s1. The summed E-state index contributed by atoms with van der Waals surface area (Å²) in [6.07, 6.45) is 1.81. The number of aryl methyl sites for hydroxylation is 1. The van der Waals surface area contributed by atoms with E-state index in [1.165, 1.54) is 16.7 Å². The van der Waals surface area contributed by atoms with Crippen LogP contribution >= 0.6 is 0 Å². The largest absolute Gasteiger partial charge is 0.354 e. The van der Waals surface area contributed by atoms with E-state index in [1.54, 1.807) is 0 Å². The second-order valence-corrected chi connectivity index (χ2v) is 10.4. The molecular formula is C28H37N3O2. The molecule has 33 heavy (non-hydrogen) atoms. The molecule has 1 fully saturated rings. The summed E-state index contributed by atoms with van der Waals surface area (Å²) in [5.41, 5.74) is 3.35. The number of rotatable bonds is 6. The molecule has 1 spiro atoms. The van der Waals surface area contributed by atoms with Gasteiger partial charge < -0.3 is 10.6 Å². The van der Waals surface area contributed by atoms with Crippen molar-refractivity contribution >= 4 is 11.8 Å². The van der Waals surface area contributed by atoms with E-state index in [0.29, 0.717) is 6.54 Å². The third-order valence-electron chi connectivity index (χ3n) is 7.26. The van der Waals surface area contributed by atoms with Crippen molar-refractivity contribution in [3.63, 3.8) is 0 Å². The number of benzene rings is 2. The number of hydrogen-bond acceptors (Lipinski definition) is 3. The first-order valence-corrected chi connectivity index (χ1v) is 12.2. The van der Waals surface area contributed by atoms with Crippen molar-refractivity contribution in [2.45, 2.75) is 59.2 Å². The molecule has 3 atom stereocenters. The maximum absolute atomic E-state index is 13.6.